The molecule has 7 heteroatoms. The number of piperazine rings is 1. The SMILES string of the molecule is CCCON(C(=O)N(O)N1CCN(Cc2ccccc2)CC1)C(C)C. The number of hydrogen-bond donors (Lipinski definition) is 1. The van der Waals surface area contributed by atoms with Crippen LogP contribution in [0.2, 0.25) is 0 Å². The first-order valence-electron chi connectivity index (χ1n) is 8.99. The standard InChI is InChI=1S/C18H30N4O3/c1-4-14-25-21(16(2)3)18(23)22(24)20-12-10-19(11-13-20)15-17-8-6-5-7-9-17/h5-9,16,24H,4,10-15H2,1-3H3. The highest BCUT2D eigenvalue weighted by Crippen LogP contribution is 2.12. The second-order valence-corrected chi connectivity index (χ2v) is 6.54. The van der Waals surface area contributed by atoms with E-state index < -0.39 is 6.03 Å². The molecule has 7 nitrogen and oxygen atoms in total. The van der Waals surface area contributed by atoms with Gasteiger partial charge in [-0.3, -0.25) is 14.9 Å². The molecule has 0 unspecified atom stereocenters. The first-order valence-corrected chi connectivity index (χ1v) is 8.99. The van der Waals surface area contributed by atoms with Crippen molar-refractivity contribution in [2.45, 2.75) is 39.8 Å². The van der Waals surface area contributed by atoms with Crippen molar-refractivity contribution in [3.63, 3.8) is 0 Å². The lowest BCUT2D eigenvalue weighted by Gasteiger charge is -2.39. The molecule has 2 amide bonds. The van der Waals surface area contributed by atoms with Crippen molar-refractivity contribution < 1.29 is 14.8 Å². The number of carbonyl (C=O) groups excluding carboxylic acids is 1. The molecule has 0 atom stereocenters. The summed E-state index contributed by atoms with van der Waals surface area (Å²) in [4.78, 5) is 20.3. The predicted molar refractivity (Wildman–Crippen MR) is 95.5 cm³/mol. The fourth-order valence-corrected chi connectivity index (χ4v) is 2.75. The number of amides is 2. The van der Waals surface area contributed by atoms with E-state index in [1.807, 2.05) is 39.0 Å². The van der Waals surface area contributed by atoms with Gasteiger partial charge >= 0.3 is 6.03 Å². The molecule has 2 rings (SSSR count). The maximum absolute atomic E-state index is 12.5. The minimum absolute atomic E-state index is 0.145. The van der Waals surface area contributed by atoms with E-state index in [9.17, 15) is 10.0 Å². The van der Waals surface area contributed by atoms with Crippen molar-refractivity contribution in [2.75, 3.05) is 32.8 Å². The summed E-state index contributed by atoms with van der Waals surface area (Å²) in [6, 6.07) is 9.62. The van der Waals surface area contributed by atoms with Crippen LogP contribution >= 0.6 is 0 Å². The quantitative estimate of drug-likeness (QED) is 0.605. The van der Waals surface area contributed by atoms with Gasteiger partial charge in [-0.05, 0) is 25.8 Å². The van der Waals surface area contributed by atoms with Crippen LogP contribution in [0.5, 0.6) is 0 Å². The number of urea groups is 1. The fraction of sp³-hybridized carbons (Fsp3) is 0.611. The van der Waals surface area contributed by atoms with Gasteiger partial charge in [0.1, 0.15) is 0 Å². The Morgan fingerprint density at radius 1 is 1.20 bits per heavy atom. The van der Waals surface area contributed by atoms with Crippen LogP contribution in [0.15, 0.2) is 30.3 Å². The molecule has 0 aromatic heterocycles. The summed E-state index contributed by atoms with van der Waals surface area (Å²) < 4.78 is 0. The lowest BCUT2D eigenvalue weighted by molar-refractivity contribution is -0.246. The lowest BCUT2D eigenvalue weighted by Crippen LogP contribution is -2.57. The Kier molecular flexibility index (Phi) is 7.64. The molecule has 1 N–H and O–H groups in total. The molecule has 0 spiro atoms. The van der Waals surface area contributed by atoms with E-state index in [0.717, 1.165) is 26.1 Å². The Bertz CT molecular complexity index is 518. The number of hydrogen-bond acceptors (Lipinski definition) is 5. The Morgan fingerprint density at radius 2 is 1.84 bits per heavy atom. The smallest absolute Gasteiger partial charge is 0.296 e. The van der Waals surface area contributed by atoms with Crippen molar-refractivity contribution in [2.24, 2.45) is 0 Å². The molecule has 0 saturated carbocycles. The van der Waals surface area contributed by atoms with Crippen LogP contribution in [0.25, 0.3) is 0 Å². The van der Waals surface area contributed by atoms with Crippen LogP contribution in [0.3, 0.4) is 0 Å². The van der Waals surface area contributed by atoms with E-state index in [2.05, 4.69) is 17.0 Å². The lowest BCUT2D eigenvalue weighted by atomic mass is 10.2. The Balaban J connectivity index is 1.85. The van der Waals surface area contributed by atoms with Gasteiger partial charge in [-0.15, -0.1) is 5.17 Å². The molecule has 1 saturated heterocycles. The molecule has 140 valence electrons. The van der Waals surface area contributed by atoms with Crippen LogP contribution in [0.1, 0.15) is 32.8 Å². The van der Waals surface area contributed by atoms with Gasteiger partial charge < -0.3 is 0 Å². The zero-order chi connectivity index (χ0) is 18.2. The van der Waals surface area contributed by atoms with Crippen molar-refractivity contribution in [3.05, 3.63) is 35.9 Å². The third-order valence-corrected chi connectivity index (χ3v) is 4.13. The van der Waals surface area contributed by atoms with Gasteiger partial charge in [-0.1, -0.05) is 37.3 Å². The van der Waals surface area contributed by atoms with E-state index >= 15 is 0 Å². The molecular formula is C18H30N4O3. The van der Waals surface area contributed by atoms with Gasteiger partial charge in [0.05, 0.1) is 12.6 Å². The van der Waals surface area contributed by atoms with Gasteiger partial charge in [0.2, 0.25) is 0 Å². The molecule has 0 radical (unpaired) electrons. The average molecular weight is 350 g/mol. The minimum Gasteiger partial charge on any atom is -0.296 e. The molecule has 1 aromatic rings. The van der Waals surface area contributed by atoms with Crippen molar-refractivity contribution in [1.29, 1.82) is 0 Å². The van der Waals surface area contributed by atoms with Gasteiger partial charge in [0.15, 0.2) is 0 Å². The van der Waals surface area contributed by atoms with Crippen LogP contribution in [-0.2, 0) is 11.4 Å². The summed E-state index contributed by atoms with van der Waals surface area (Å²) in [6.07, 6.45) is 0.806. The number of hydrazine groups is 1. The van der Waals surface area contributed by atoms with E-state index in [0.29, 0.717) is 24.9 Å². The normalized spacial score (nSPS) is 16.2. The molecule has 1 aromatic carbocycles. The van der Waals surface area contributed by atoms with Gasteiger partial charge in [0, 0.05) is 32.7 Å². The van der Waals surface area contributed by atoms with Crippen LogP contribution in [0, 0.1) is 0 Å². The molecule has 1 aliphatic heterocycles. The van der Waals surface area contributed by atoms with Crippen LogP contribution in [0.4, 0.5) is 4.79 Å². The number of nitrogens with zero attached hydrogens (tertiary/aromatic N) is 4. The van der Waals surface area contributed by atoms with Crippen molar-refractivity contribution in [3.8, 4) is 0 Å². The van der Waals surface area contributed by atoms with Gasteiger partial charge in [-0.2, -0.15) is 10.1 Å². The summed E-state index contributed by atoms with van der Waals surface area (Å²) in [5.74, 6) is 0. The molecule has 0 bridgehead atoms. The maximum Gasteiger partial charge on any atom is 0.383 e. The second kappa shape index (κ2) is 9.72. The van der Waals surface area contributed by atoms with Crippen molar-refractivity contribution >= 4 is 6.03 Å². The first kappa shape index (κ1) is 19.7. The van der Waals surface area contributed by atoms with E-state index in [4.69, 9.17) is 4.84 Å². The fourth-order valence-electron chi connectivity index (χ4n) is 2.75. The van der Waals surface area contributed by atoms with E-state index in [-0.39, 0.29) is 6.04 Å². The summed E-state index contributed by atoms with van der Waals surface area (Å²) >= 11 is 0. The largest absolute Gasteiger partial charge is 0.383 e. The highest BCUT2D eigenvalue weighted by molar-refractivity contribution is 5.71. The van der Waals surface area contributed by atoms with Crippen LogP contribution < -0.4 is 0 Å². The summed E-state index contributed by atoms with van der Waals surface area (Å²) in [6.45, 7) is 9.79. The number of hydroxylamine groups is 3. The zero-order valence-corrected chi connectivity index (χ0v) is 15.5. The van der Waals surface area contributed by atoms with Crippen molar-refractivity contribution in [1.82, 2.24) is 20.1 Å². The average Bonchev–Trinajstić information content (AvgIpc) is 2.62. The molecule has 1 aliphatic rings. The molecule has 1 heterocycles. The number of rotatable bonds is 7. The number of carbonyl (C=O) groups is 1. The topological polar surface area (TPSA) is 59.5 Å². The number of benzene rings is 1. The maximum atomic E-state index is 12.5. The predicted octanol–water partition coefficient (Wildman–Crippen LogP) is 2.58. The highest BCUT2D eigenvalue weighted by atomic mass is 16.7. The molecule has 1 fully saturated rings. The van der Waals surface area contributed by atoms with E-state index in [1.165, 1.54) is 10.6 Å². The summed E-state index contributed by atoms with van der Waals surface area (Å²) in [5.41, 5.74) is 1.27. The Hall–Kier alpha value is -1.67. The van der Waals surface area contributed by atoms with Crippen LogP contribution in [-0.4, -0.2) is 70.2 Å². The monoisotopic (exact) mass is 350 g/mol. The molecule has 0 aliphatic carbocycles. The third-order valence-electron chi connectivity index (χ3n) is 4.13. The first-order chi connectivity index (χ1) is 12.0. The summed E-state index contributed by atoms with van der Waals surface area (Å²) in [7, 11) is 0. The second-order valence-electron chi connectivity index (χ2n) is 6.54. The van der Waals surface area contributed by atoms with Gasteiger partial charge in [-0.25, -0.2) is 4.79 Å². The zero-order valence-electron chi connectivity index (χ0n) is 15.5. The highest BCUT2D eigenvalue weighted by Gasteiger charge is 2.30. The Morgan fingerprint density at radius 3 is 2.40 bits per heavy atom. The van der Waals surface area contributed by atoms with E-state index in [1.54, 1.807) is 5.01 Å². The summed E-state index contributed by atoms with van der Waals surface area (Å²) in [5, 5.41) is 13.9. The van der Waals surface area contributed by atoms with Gasteiger partial charge in [0.25, 0.3) is 0 Å². The molecule has 25 heavy (non-hydrogen) atoms. The minimum atomic E-state index is -0.542. The Labute approximate surface area is 150 Å². The molecular weight excluding hydrogens is 320 g/mol. The third kappa shape index (κ3) is 5.67.